The van der Waals surface area contributed by atoms with Gasteiger partial charge in [0.15, 0.2) is 5.12 Å². The Labute approximate surface area is 136 Å². The molecule has 4 heteroatoms. The molecule has 0 fully saturated rings. The first-order chi connectivity index (χ1) is 10.7. The van der Waals surface area contributed by atoms with Gasteiger partial charge in [-0.3, -0.25) is 4.79 Å². The molecular formula is C18H19NO2S. The van der Waals surface area contributed by atoms with Gasteiger partial charge < -0.3 is 9.64 Å². The summed E-state index contributed by atoms with van der Waals surface area (Å²) in [4.78, 5) is 13.2. The van der Waals surface area contributed by atoms with Crippen LogP contribution in [0.1, 0.15) is 17.5 Å². The molecule has 0 atom stereocenters. The molecule has 0 bridgehead atoms. The number of benzene rings is 2. The van der Waals surface area contributed by atoms with Crippen molar-refractivity contribution in [3.8, 4) is 5.75 Å². The van der Waals surface area contributed by atoms with Crippen LogP contribution in [0.15, 0.2) is 48.5 Å². The van der Waals surface area contributed by atoms with Gasteiger partial charge in [0.25, 0.3) is 0 Å². The first-order valence-corrected chi connectivity index (χ1v) is 7.93. The quantitative estimate of drug-likeness (QED) is 0.828. The summed E-state index contributed by atoms with van der Waals surface area (Å²) in [5.74, 6) is 0.898. The summed E-state index contributed by atoms with van der Waals surface area (Å²) in [6, 6.07) is 16.4. The van der Waals surface area contributed by atoms with Crippen molar-refractivity contribution in [2.24, 2.45) is 0 Å². The number of nitrogens with zero attached hydrogens (tertiary/aromatic N) is 1. The predicted molar refractivity (Wildman–Crippen MR) is 91.7 cm³/mol. The van der Waals surface area contributed by atoms with Crippen LogP contribution in [-0.2, 0) is 17.8 Å². The average molecular weight is 313 g/mol. The summed E-state index contributed by atoms with van der Waals surface area (Å²) in [6.45, 7) is 2.27. The average Bonchev–Trinajstić information content (AvgIpc) is 2.94. The molecule has 1 aliphatic heterocycles. The van der Waals surface area contributed by atoms with Crippen LogP contribution in [0.25, 0.3) is 0 Å². The highest BCUT2D eigenvalue weighted by Crippen LogP contribution is 2.31. The number of rotatable bonds is 6. The lowest BCUT2D eigenvalue weighted by Crippen LogP contribution is -2.22. The van der Waals surface area contributed by atoms with E-state index in [0.29, 0.717) is 13.0 Å². The number of fused-ring (bicyclic) bond motifs is 1. The molecule has 0 unspecified atom stereocenters. The highest BCUT2D eigenvalue weighted by Gasteiger charge is 2.19. The van der Waals surface area contributed by atoms with Gasteiger partial charge in [0.05, 0.1) is 0 Å². The summed E-state index contributed by atoms with van der Waals surface area (Å²) in [7, 11) is 0. The summed E-state index contributed by atoms with van der Waals surface area (Å²) in [6.07, 6.45) is 1.48. The third kappa shape index (κ3) is 3.63. The monoisotopic (exact) mass is 313 g/mol. The fourth-order valence-electron chi connectivity index (χ4n) is 2.74. The largest absolute Gasteiger partial charge is 0.489 e. The highest BCUT2D eigenvalue weighted by molar-refractivity contribution is 7.96. The third-order valence-electron chi connectivity index (χ3n) is 3.89. The zero-order valence-corrected chi connectivity index (χ0v) is 13.3. The Bertz CT molecular complexity index is 657. The molecule has 114 valence electrons. The zero-order chi connectivity index (χ0) is 15.4. The second-order valence-corrected chi connectivity index (χ2v) is 5.94. The molecule has 22 heavy (non-hydrogen) atoms. The van der Waals surface area contributed by atoms with Crippen molar-refractivity contribution in [1.29, 1.82) is 0 Å². The number of hydrogen-bond donors (Lipinski definition) is 1. The third-order valence-corrected chi connectivity index (χ3v) is 4.11. The van der Waals surface area contributed by atoms with Crippen molar-refractivity contribution in [2.75, 3.05) is 18.0 Å². The number of carbonyl (C=O) groups is 1. The summed E-state index contributed by atoms with van der Waals surface area (Å²) < 4.78 is 5.87. The molecule has 3 nitrogen and oxygen atoms in total. The summed E-state index contributed by atoms with van der Waals surface area (Å²) in [5.41, 5.74) is 3.66. The maximum Gasteiger partial charge on any atom is 0.187 e. The predicted octanol–water partition coefficient (Wildman–Crippen LogP) is 3.47. The van der Waals surface area contributed by atoms with Crippen molar-refractivity contribution in [3.63, 3.8) is 0 Å². The molecule has 0 saturated carbocycles. The molecule has 0 N–H and O–H groups in total. The van der Waals surface area contributed by atoms with E-state index in [9.17, 15) is 4.79 Å². The van der Waals surface area contributed by atoms with Gasteiger partial charge in [-0.2, -0.15) is 0 Å². The van der Waals surface area contributed by atoms with Crippen molar-refractivity contribution in [1.82, 2.24) is 0 Å². The molecule has 2 aromatic carbocycles. The van der Waals surface area contributed by atoms with Gasteiger partial charge in [0.2, 0.25) is 0 Å². The highest BCUT2D eigenvalue weighted by atomic mass is 32.1. The Balaban J connectivity index is 1.63. The molecule has 0 aliphatic carbocycles. The molecule has 3 rings (SSSR count). The van der Waals surface area contributed by atoms with Gasteiger partial charge in [-0.15, -0.1) is 12.6 Å². The summed E-state index contributed by atoms with van der Waals surface area (Å²) >= 11 is 3.83. The van der Waals surface area contributed by atoms with E-state index in [-0.39, 0.29) is 5.12 Å². The molecular weight excluding hydrogens is 294 g/mol. The number of hydrogen-bond acceptors (Lipinski definition) is 3. The van der Waals surface area contributed by atoms with E-state index < -0.39 is 0 Å². The van der Waals surface area contributed by atoms with Crippen LogP contribution in [0.4, 0.5) is 5.69 Å². The van der Waals surface area contributed by atoms with E-state index in [0.717, 1.165) is 30.8 Å². The lowest BCUT2D eigenvalue weighted by molar-refractivity contribution is -0.110. The molecule has 1 heterocycles. The fourth-order valence-corrected chi connectivity index (χ4v) is 2.84. The Hall–Kier alpha value is -1.94. The lowest BCUT2D eigenvalue weighted by Gasteiger charge is -2.18. The molecule has 0 amide bonds. The Morgan fingerprint density at radius 1 is 1.18 bits per heavy atom. The molecule has 0 radical (unpaired) electrons. The van der Waals surface area contributed by atoms with Crippen molar-refractivity contribution < 1.29 is 9.53 Å². The molecule has 0 saturated heterocycles. The van der Waals surface area contributed by atoms with E-state index in [1.54, 1.807) is 0 Å². The van der Waals surface area contributed by atoms with Crippen LogP contribution in [0.2, 0.25) is 0 Å². The minimum atomic E-state index is -0.0590. The Morgan fingerprint density at radius 3 is 2.77 bits per heavy atom. The second kappa shape index (κ2) is 6.88. The fraction of sp³-hybridized carbons (Fsp3) is 0.278. The van der Waals surface area contributed by atoms with Crippen LogP contribution >= 0.6 is 12.6 Å². The number of anilines is 1. The van der Waals surface area contributed by atoms with Crippen LogP contribution in [0, 0.1) is 0 Å². The van der Waals surface area contributed by atoms with Crippen LogP contribution in [-0.4, -0.2) is 18.2 Å². The van der Waals surface area contributed by atoms with Crippen molar-refractivity contribution in [3.05, 3.63) is 59.7 Å². The smallest absolute Gasteiger partial charge is 0.187 e. The van der Waals surface area contributed by atoms with Crippen molar-refractivity contribution >= 4 is 23.4 Å². The Kier molecular flexibility index (Phi) is 4.68. The summed E-state index contributed by atoms with van der Waals surface area (Å²) in [5, 5.41) is -0.0590. The maximum atomic E-state index is 11.0. The second-order valence-electron chi connectivity index (χ2n) is 5.45. The van der Waals surface area contributed by atoms with Gasteiger partial charge in [-0.1, -0.05) is 30.3 Å². The first-order valence-electron chi connectivity index (χ1n) is 7.49. The van der Waals surface area contributed by atoms with Gasteiger partial charge in [-0.25, -0.2) is 0 Å². The van der Waals surface area contributed by atoms with Crippen LogP contribution in [0.3, 0.4) is 0 Å². The van der Waals surface area contributed by atoms with Crippen molar-refractivity contribution in [2.45, 2.75) is 19.4 Å². The standard InChI is InChI=1S/C18H19NO2S/c20-18(22)9-11-19-10-8-15-12-16(6-7-17(15)19)21-13-14-4-2-1-3-5-14/h1-7,12H,8-11,13H2,(H,20,22). The number of carbonyl (C=O) groups excluding carboxylic acids is 1. The van der Waals surface area contributed by atoms with E-state index in [1.807, 2.05) is 24.3 Å². The first kappa shape index (κ1) is 15.0. The SMILES string of the molecule is O=C(S)CCN1CCc2cc(OCc3ccccc3)ccc21. The van der Waals surface area contributed by atoms with Crippen LogP contribution in [0.5, 0.6) is 5.75 Å². The van der Waals surface area contributed by atoms with E-state index in [1.165, 1.54) is 11.3 Å². The zero-order valence-electron chi connectivity index (χ0n) is 12.4. The number of ether oxygens (including phenoxy) is 1. The van der Waals surface area contributed by atoms with Gasteiger partial charge in [0, 0.05) is 25.2 Å². The Morgan fingerprint density at radius 2 is 2.00 bits per heavy atom. The molecule has 2 aromatic rings. The minimum Gasteiger partial charge on any atom is -0.489 e. The number of thiol groups is 1. The van der Waals surface area contributed by atoms with Gasteiger partial charge in [0.1, 0.15) is 12.4 Å². The molecule has 0 aromatic heterocycles. The van der Waals surface area contributed by atoms with E-state index in [2.05, 4.69) is 41.8 Å². The normalized spacial score (nSPS) is 13.0. The minimum absolute atomic E-state index is 0.0590. The molecule has 0 spiro atoms. The van der Waals surface area contributed by atoms with E-state index in [4.69, 9.17) is 4.74 Å². The molecule has 1 aliphatic rings. The lowest BCUT2D eigenvalue weighted by atomic mass is 10.1. The van der Waals surface area contributed by atoms with Gasteiger partial charge >= 0.3 is 0 Å². The van der Waals surface area contributed by atoms with Crippen LogP contribution < -0.4 is 9.64 Å². The van der Waals surface area contributed by atoms with E-state index >= 15 is 0 Å². The topological polar surface area (TPSA) is 29.5 Å². The van der Waals surface area contributed by atoms with Gasteiger partial charge in [-0.05, 0) is 35.7 Å². The maximum absolute atomic E-state index is 11.0.